The molecule has 3 atom stereocenters. The summed E-state index contributed by atoms with van der Waals surface area (Å²) in [5.74, 6) is 0.810. The van der Waals surface area contributed by atoms with Crippen LogP contribution in [-0.2, 0) is 17.8 Å². The van der Waals surface area contributed by atoms with Crippen molar-refractivity contribution in [3.05, 3.63) is 71.3 Å². The Bertz CT molecular complexity index is 789. The molecule has 1 saturated heterocycles. The van der Waals surface area contributed by atoms with Gasteiger partial charge in [-0.15, -0.1) is 24.0 Å². The summed E-state index contributed by atoms with van der Waals surface area (Å²) < 4.78 is 5.87. The molecule has 2 aromatic rings. The number of hydrogen-bond donors (Lipinski definition) is 2. The largest absolute Gasteiger partial charge is 0.373 e. The molecule has 0 bridgehead atoms. The molecule has 2 N–H and O–H groups in total. The second-order valence-corrected chi connectivity index (χ2v) is 7.92. The predicted octanol–water partition coefficient (Wildman–Crippen LogP) is 4.34. The number of ether oxygens (including phenoxy) is 1. The first-order chi connectivity index (χ1) is 14.0. The van der Waals surface area contributed by atoms with Gasteiger partial charge in [0.2, 0.25) is 0 Å². The molecule has 30 heavy (non-hydrogen) atoms. The molecule has 6 heteroatoms. The third-order valence-electron chi connectivity index (χ3n) is 5.33. The zero-order chi connectivity index (χ0) is 20.6. The Morgan fingerprint density at radius 3 is 2.27 bits per heavy atom. The van der Waals surface area contributed by atoms with Gasteiger partial charge in [0.1, 0.15) is 0 Å². The van der Waals surface area contributed by atoms with Crippen molar-refractivity contribution in [3.63, 3.8) is 0 Å². The Labute approximate surface area is 198 Å². The lowest BCUT2D eigenvalue weighted by atomic mass is 10.1. The number of nitrogens with one attached hydrogen (secondary N) is 2. The Morgan fingerprint density at radius 2 is 1.63 bits per heavy atom. The molecule has 3 rings (SSSR count). The van der Waals surface area contributed by atoms with Gasteiger partial charge in [-0.3, -0.25) is 9.89 Å². The maximum atomic E-state index is 5.87. The van der Waals surface area contributed by atoms with Gasteiger partial charge < -0.3 is 15.4 Å². The summed E-state index contributed by atoms with van der Waals surface area (Å²) in [5, 5.41) is 6.95. The Balaban J connectivity index is 0.00000320. The van der Waals surface area contributed by atoms with E-state index in [1.54, 1.807) is 0 Å². The summed E-state index contributed by atoms with van der Waals surface area (Å²) in [6.07, 6.45) is 0.568. The SMILES string of the molecule is CN=C(NCc1ccccc1CN1CC(C)OC(C)C1)NC(C)c1ccccc1.I. The summed E-state index contributed by atoms with van der Waals surface area (Å²) >= 11 is 0. The van der Waals surface area contributed by atoms with Gasteiger partial charge in [0.25, 0.3) is 0 Å². The average molecular weight is 522 g/mol. The van der Waals surface area contributed by atoms with Crippen molar-refractivity contribution >= 4 is 29.9 Å². The molecule has 164 valence electrons. The Morgan fingerprint density at radius 1 is 1.03 bits per heavy atom. The second-order valence-electron chi connectivity index (χ2n) is 7.92. The Kier molecular flexibility index (Phi) is 10.1. The highest BCUT2D eigenvalue weighted by Gasteiger charge is 2.22. The van der Waals surface area contributed by atoms with Crippen LogP contribution >= 0.6 is 24.0 Å². The lowest BCUT2D eigenvalue weighted by molar-refractivity contribution is -0.0705. The summed E-state index contributed by atoms with van der Waals surface area (Å²) in [6.45, 7) is 10.1. The summed E-state index contributed by atoms with van der Waals surface area (Å²) in [5.41, 5.74) is 3.90. The van der Waals surface area contributed by atoms with E-state index in [4.69, 9.17) is 4.74 Å². The van der Waals surface area contributed by atoms with Crippen LogP contribution in [0.2, 0.25) is 0 Å². The van der Waals surface area contributed by atoms with Gasteiger partial charge >= 0.3 is 0 Å². The third kappa shape index (κ3) is 7.25. The number of benzene rings is 2. The molecule has 5 nitrogen and oxygen atoms in total. The number of halogens is 1. The van der Waals surface area contributed by atoms with E-state index >= 15 is 0 Å². The third-order valence-corrected chi connectivity index (χ3v) is 5.33. The number of nitrogens with zero attached hydrogens (tertiary/aromatic N) is 2. The maximum Gasteiger partial charge on any atom is 0.191 e. The molecular weight excluding hydrogens is 487 g/mol. The molecule has 1 aliphatic rings. The fourth-order valence-corrected chi connectivity index (χ4v) is 3.94. The van der Waals surface area contributed by atoms with E-state index in [1.165, 1.54) is 16.7 Å². The first-order valence-corrected chi connectivity index (χ1v) is 10.5. The van der Waals surface area contributed by atoms with Crippen molar-refractivity contribution < 1.29 is 4.74 Å². The van der Waals surface area contributed by atoms with E-state index in [-0.39, 0.29) is 42.2 Å². The maximum absolute atomic E-state index is 5.87. The quantitative estimate of drug-likeness (QED) is 0.337. The van der Waals surface area contributed by atoms with Crippen molar-refractivity contribution in [1.29, 1.82) is 0 Å². The van der Waals surface area contributed by atoms with Gasteiger partial charge in [-0.05, 0) is 37.5 Å². The standard InChI is InChI=1S/C24H34N4O.HI/c1-18-15-28(16-19(2)29-18)17-23-13-9-8-12-22(23)14-26-24(25-4)27-20(3)21-10-6-5-7-11-21;/h5-13,18-20H,14-17H2,1-4H3,(H2,25,26,27);1H. The highest BCUT2D eigenvalue weighted by atomic mass is 127. The fraction of sp³-hybridized carbons (Fsp3) is 0.458. The highest BCUT2D eigenvalue weighted by molar-refractivity contribution is 14.0. The molecule has 1 aliphatic heterocycles. The summed E-state index contributed by atoms with van der Waals surface area (Å²) in [6, 6.07) is 19.3. The van der Waals surface area contributed by atoms with Crippen LogP contribution in [0.1, 0.15) is 43.5 Å². The van der Waals surface area contributed by atoms with Gasteiger partial charge in [0.15, 0.2) is 5.96 Å². The van der Waals surface area contributed by atoms with E-state index in [0.29, 0.717) is 0 Å². The van der Waals surface area contributed by atoms with Gasteiger partial charge in [-0.2, -0.15) is 0 Å². The van der Waals surface area contributed by atoms with Crippen LogP contribution in [0.25, 0.3) is 0 Å². The topological polar surface area (TPSA) is 48.9 Å². The van der Waals surface area contributed by atoms with E-state index < -0.39 is 0 Å². The normalized spacial score (nSPS) is 20.9. The molecule has 0 spiro atoms. The smallest absolute Gasteiger partial charge is 0.191 e. The first kappa shape index (κ1) is 24.6. The zero-order valence-electron chi connectivity index (χ0n) is 18.5. The van der Waals surface area contributed by atoms with Crippen molar-refractivity contribution in [2.45, 2.75) is 52.1 Å². The van der Waals surface area contributed by atoms with Gasteiger partial charge in [-0.1, -0.05) is 54.6 Å². The van der Waals surface area contributed by atoms with Crippen LogP contribution in [0.15, 0.2) is 59.6 Å². The molecule has 0 aliphatic carbocycles. The molecule has 0 radical (unpaired) electrons. The molecular formula is C24H35IN4O. The van der Waals surface area contributed by atoms with Crippen LogP contribution in [0, 0.1) is 0 Å². The van der Waals surface area contributed by atoms with Crippen LogP contribution < -0.4 is 10.6 Å². The molecule has 0 saturated carbocycles. The van der Waals surface area contributed by atoms with E-state index in [0.717, 1.165) is 32.1 Å². The molecule has 1 heterocycles. The van der Waals surface area contributed by atoms with E-state index in [9.17, 15) is 0 Å². The molecule has 0 aromatic heterocycles. The van der Waals surface area contributed by atoms with Crippen LogP contribution in [-0.4, -0.2) is 43.2 Å². The van der Waals surface area contributed by atoms with Crippen LogP contribution in [0.3, 0.4) is 0 Å². The summed E-state index contributed by atoms with van der Waals surface area (Å²) in [4.78, 5) is 6.89. The van der Waals surface area contributed by atoms with Crippen LogP contribution in [0.5, 0.6) is 0 Å². The second kappa shape index (κ2) is 12.3. The van der Waals surface area contributed by atoms with Crippen molar-refractivity contribution in [1.82, 2.24) is 15.5 Å². The molecule has 1 fully saturated rings. The lowest BCUT2D eigenvalue weighted by Gasteiger charge is -2.35. The number of morpholine rings is 1. The fourth-order valence-electron chi connectivity index (χ4n) is 3.94. The monoisotopic (exact) mass is 522 g/mol. The lowest BCUT2D eigenvalue weighted by Crippen LogP contribution is -2.45. The van der Waals surface area contributed by atoms with Crippen LogP contribution in [0.4, 0.5) is 0 Å². The minimum atomic E-state index is 0. The molecule has 2 aromatic carbocycles. The first-order valence-electron chi connectivity index (χ1n) is 10.5. The van der Waals surface area contributed by atoms with Gasteiger partial charge in [-0.25, -0.2) is 0 Å². The van der Waals surface area contributed by atoms with Crippen molar-refractivity contribution in [2.75, 3.05) is 20.1 Å². The number of hydrogen-bond acceptors (Lipinski definition) is 3. The number of aliphatic imine (C=N–C) groups is 1. The zero-order valence-corrected chi connectivity index (χ0v) is 20.8. The van der Waals surface area contributed by atoms with E-state index in [2.05, 4.69) is 89.8 Å². The predicted molar refractivity (Wildman–Crippen MR) is 135 cm³/mol. The number of guanidine groups is 1. The minimum absolute atomic E-state index is 0. The Hall–Kier alpha value is -1.64. The minimum Gasteiger partial charge on any atom is -0.373 e. The highest BCUT2D eigenvalue weighted by Crippen LogP contribution is 2.17. The van der Waals surface area contributed by atoms with Crippen molar-refractivity contribution in [2.24, 2.45) is 4.99 Å². The molecule has 3 unspecified atom stereocenters. The number of rotatable bonds is 6. The van der Waals surface area contributed by atoms with E-state index in [1.807, 2.05) is 13.1 Å². The average Bonchev–Trinajstić information content (AvgIpc) is 2.72. The molecule has 0 amide bonds. The summed E-state index contributed by atoms with van der Waals surface area (Å²) in [7, 11) is 1.81. The van der Waals surface area contributed by atoms with Gasteiger partial charge in [0.05, 0.1) is 18.2 Å². The van der Waals surface area contributed by atoms with Gasteiger partial charge in [0, 0.05) is 33.2 Å². The van der Waals surface area contributed by atoms with Crippen molar-refractivity contribution in [3.8, 4) is 0 Å².